The molecule has 5 heteroatoms. The molecule has 1 amide bonds. The van der Waals surface area contributed by atoms with Crippen molar-refractivity contribution in [2.75, 3.05) is 18.9 Å². The van der Waals surface area contributed by atoms with Crippen LogP contribution in [-0.4, -0.2) is 19.2 Å². The van der Waals surface area contributed by atoms with Crippen LogP contribution in [0, 0.1) is 17.7 Å². The number of carbonyl (C=O) groups excluding carboxylic acids is 1. The van der Waals surface area contributed by atoms with Crippen molar-refractivity contribution in [3.05, 3.63) is 89.2 Å². The lowest BCUT2D eigenvalue weighted by molar-refractivity contribution is 0.143. The van der Waals surface area contributed by atoms with Gasteiger partial charge in [-0.15, -0.1) is 0 Å². The Hall–Kier alpha value is -3.78. The number of carbonyl (C=O) groups is 1. The molecule has 0 atom stereocenters. The predicted molar refractivity (Wildman–Crippen MR) is 115 cm³/mol. The van der Waals surface area contributed by atoms with Crippen molar-refractivity contribution in [2.45, 2.75) is 12.3 Å². The van der Waals surface area contributed by atoms with Crippen molar-refractivity contribution < 1.29 is 13.9 Å². The van der Waals surface area contributed by atoms with E-state index in [-0.39, 0.29) is 18.1 Å². The molecule has 3 N–H and O–H groups in total. The standard InChI is InChI=1S/C25H21FN2O2/c26-23-13-7-14-24(27)21(23)12-5-6-15-28-25(29)30-16-22-19-10-3-1-8-17(19)18-9-2-4-11-20(18)22/h1-4,7-11,13-14,22H,6,15-16,27H2,(H,28,29). The summed E-state index contributed by atoms with van der Waals surface area (Å²) in [7, 11) is 0. The fraction of sp³-hybridized carbons (Fsp3) is 0.160. The van der Waals surface area contributed by atoms with Gasteiger partial charge in [-0.25, -0.2) is 9.18 Å². The Kier molecular flexibility index (Phi) is 5.67. The highest BCUT2D eigenvalue weighted by molar-refractivity contribution is 5.79. The largest absolute Gasteiger partial charge is 0.449 e. The van der Waals surface area contributed by atoms with Crippen LogP contribution in [0.15, 0.2) is 66.7 Å². The number of nitrogen functional groups attached to an aromatic ring is 1. The minimum absolute atomic E-state index is 0.0203. The lowest BCUT2D eigenvalue weighted by Crippen LogP contribution is -2.26. The van der Waals surface area contributed by atoms with E-state index in [1.807, 2.05) is 24.3 Å². The highest BCUT2D eigenvalue weighted by Crippen LogP contribution is 2.44. The molecule has 1 aliphatic carbocycles. The molecule has 0 heterocycles. The maximum Gasteiger partial charge on any atom is 0.407 e. The molecule has 0 unspecified atom stereocenters. The molecule has 150 valence electrons. The normalized spacial score (nSPS) is 11.8. The monoisotopic (exact) mass is 400 g/mol. The van der Waals surface area contributed by atoms with Gasteiger partial charge in [0.05, 0.1) is 11.3 Å². The Bertz CT molecular complexity index is 1080. The number of halogens is 1. The molecular formula is C25H21FN2O2. The maximum absolute atomic E-state index is 13.7. The van der Waals surface area contributed by atoms with Crippen LogP contribution < -0.4 is 11.1 Å². The van der Waals surface area contributed by atoms with Crippen LogP contribution >= 0.6 is 0 Å². The number of rotatable bonds is 4. The Morgan fingerprint density at radius 3 is 2.33 bits per heavy atom. The molecule has 0 spiro atoms. The average molecular weight is 400 g/mol. The molecule has 3 aromatic rings. The molecule has 3 aromatic carbocycles. The number of nitrogens with one attached hydrogen (secondary N) is 1. The van der Waals surface area contributed by atoms with Gasteiger partial charge < -0.3 is 15.8 Å². The van der Waals surface area contributed by atoms with Gasteiger partial charge in [0.15, 0.2) is 0 Å². The number of hydrogen-bond acceptors (Lipinski definition) is 3. The van der Waals surface area contributed by atoms with Gasteiger partial charge in [-0.3, -0.25) is 0 Å². The molecule has 0 aromatic heterocycles. The molecule has 0 saturated carbocycles. The summed E-state index contributed by atoms with van der Waals surface area (Å²) in [6.45, 7) is 0.565. The van der Waals surface area contributed by atoms with E-state index >= 15 is 0 Å². The third-order valence-electron chi connectivity index (χ3n) is 5.12. The first kappa shape index (κ1) is 19.5. The summed E-state index contributed by atoms with van der Waals surface area (Å²) in [5.41, 5.74) is 10.9. The lowest BCUT2D eigenvalue weighted by Gasteiger charge is -2.14. The average Bonchev–Trinajstić information content (AvgIpc) is 3.08. The van der Waals surface area contributed by atoms with E-state index in [1.54, 1.807) is 6.07 Å². The van der Waals surface area contributed by atoms with E-state index in [2.05, 4.69) is 41.4 Å². The van der Waals surface area contributed by atoms with Crippen molar-refractivity contribution in [2.24, 2.45) is 0 Å². The second-order valence-electron chi connectivity index (χ2n) is 7.01. The van der Waals surface area contributed by atoms with E-state index in [4.69, 9.17) is 10.5 Å². The number of fused-ring (bicyclic) bond motifs is 3. The van der Waals surface area contributed by atoms with Crippen LogP contribution in [0.1, 0.15) is 29.0 Å². The molecule has 0 saturated heterocycles. The number of amides is 1. The third-order valence-corrected chi connectivity index (χ3v) is 5.12. The minimum Gasteiger partial charge on any atom is -0.449 e. The van der Waals surface area contributed by atoms with Gasteiger partial charge in [0.25, 0.3) is 0 Å². The van der Waals surface area contributed by atoms with E-state index in [0.717, 1.165) is 0 Å². The quantitative estimate of drug-likeness (QED) is 0.379. The van der Waals surface area contributed by atoms with Gasteiger partial charge in [0, 0.05) is 18.9 Å². The van der Waals surface area contributed by atoms with E-state index in [1.165, 1.54) is 34.4 Å². The van der Waals surface area contributed by atoms with Crippen LogP contribution in [0.5, 0.6) is 0 Å². The molecule has 4 nitrogen and oxygen atoms in total. The summed E-state index contributed by atoms with van der Waals surface area (Å²) in [6, 6.07) is 20.8. The lowest BCUT2D eigenvalue weighted by atomic mass is 9.98. The fourth-order valence-electron chi connectivity index (χ4n) is 3.70. The van der Waals surface area contributed by atoms with Gasteiger partial charge >= 0.3 is 6.09 Å². The molecule has 0 radical (unpaired) electrons. The van der Waals surface area contributed by atoms with Gasteiger partial charge in [0.2, 0.25) is 0 Å². The summed E-state index contributed by atoms with van der Waals surface area (Å²) in [6.07, 6.45) is -0.137. The van der Waals surface area contributed by atoms with Gasteiger partial charge in [-0.2, -0.15) is 0 Å². The second kappa shape index (κ2) is 8.71. The highest BCUT2D eigenvalue weighted by atomic mass is 19.1. The highest BCUT2D eigenvalue weighted by Gasteiger charge is 2.28. The number of anilines is 1. The number of nitrogens with two attached hydrogens (primary N) is 1. The van der Waals surface area contributed by atoms with Crippen molar-refractivity contribution in [3.8, 4) is 23.0 Å². The van der Waals surface area contributed by atoms with Crippen LogP contribution in [0.4, 0.5) is 14.9 Å². The first-order chi connectivity index (χ1) is 14.6. The first-order valence-corrected chi connectivity index (χ1v) is 9.77. The zero-order valence-corrected chi connectivity index (χ0v) is 16.3. The van der Waals surface area contributed by atoms with Crippen LogP contribution in [0.2, 0.25) is 0 Å². The van der Waals surface area contributed by atoms with E-state index in [0.29, 0.717) is 18.7 Å². The Labute approximate surface area is 174 Å². The Balaban J connectivity index is 1.31. The fourth-order valence-corrected chi connectivity index (χ4v) is 3.70. The second-order valence-corrected chi connectivity index (χ2v) is 7.01. The summed E-state index contributed by atoms with van der Waals surface area (Å²) in [4.78, 5) is 12.1. The number of hydrogen-bond donors (Lipinski definition) is 2. The zero-order valence-electron chi connectivity index (χ0n) is 16.3. The maximum atomic E-state index is 13.7. The van der Waals surface area contributed by atoms with Gasteiger partial charge in [0.1, 0.15) is 12.4 Å². The van der Waals surface area contributed by atoms with Crippen LogP contribution in [0.25, 0.3) is 11.1 Å². The molecule has 0 aliphatic heterocycles. The zero-order chi connectivity index (χ0) is 20.9. The van der Waals surface area contributed by atoms with Crippen LogP contribution in [-0.2, 0) is 4.74 Å². The Morgan fingerprint density at radius 1 is 1.00 bits per heavy atom. The van der Waals surface area contributed by atoms with Gasteiger partial charge in [-0.1, -0.05) is 66.4 Å². The van der Waals surface area contributed by atoms with Crippen molar-refractivity contribution in [3.63, 3.8) is 0 Å². The topological polar surface area (TPSA) is 64.3 Å². The summed E-state index contributed by atoms with van der Waals surface area (Å²) in [5.74, 6) is 5.10. The molecular weight excluding hydrogens is 379 g/mol. The molecule has 30 heavy (non-hydrogen) atoms. The first-order valence-electron chi connectivity index (χ1n) is 9.77. The molecule has 1 aliphatic rings. The van der Waals surface area contributed by atoms with Crippen molar-refractivity contribution in [1.29, 1.82) is 0 Å². The smallest absolute Gasteiger partial charge is 0.407 e. The summed E-state index contributed by atoms with van der Waals surface area (Å²) in [5, 5.41) is 2.68. The van der Waals surface area contributed by atoms with E-state index < -0.39 is 11.9 Å². The summed E-state index contributed by atoms with van der Waals surface area (Å²) >= 11 is 0. The number of alkyl carbamates (subject to hydrolysis) is 1. The number of ether oxygens (including phenoxy) is 1. The minimum atomic E-state index is -0.496. The summed E-state index contributed by atoms with van der Waals surface area (Å²) < 4.78 is 19.1. The molecule has 0 fully saturated rings. The van der Waals surface area contributed by atoms with E-state index in [9.17, 15) is 9.18 Å². The molecule has 0 bridgehead atoms. The van der Waals surface area contributed by atoms with Gasteiger partial charge in [-0.05, 0) is 34.4 Å². The Morgan fingerprint density at radius 2 is 1.67 bits per heavy atom. The van der Waals surface area contributed by atoms with Crippen LogP contribution in [0.3, 0.4) is 0 Å². The predicted octanol–water partition coefficient (Wildman–Crippen LogP) is 4.69. The van der Waals surface area contributed by atoms with Crippen molar-refractivity contribution >= 4 is 11.8 Å². The third kappa shape index (κ3) is 3.99. The van der Waals surface area contributed by atoms with Crippen molar-refractivity contribution in [1.82, 2.24) is 5.32 Å². The SMILES string of the molecule is Nc1cccc(F)c1C#CCCNC(=O)OCC1c2ccccc2-c2ccccc21. The molecule has 4 rings (SSSR count). The number of benzene rings is 3.